The Morgan fingerprint density at radius 3 is 2.00 bits per heavy atom. The maximum atomic E-state index is 14.7. The highest BCUT2D eigenvalue weighted by atomic mass is 19.2. The van der Waals surface area contributed by atoms with Gasteiger partial charge < -0.3 is 14.6 Å². The number of ether oxygens (including phenoxy) is 2. The summed E-state index contributed by atoms with van der Waals surface area (Å²) in [5.41, 5.74) is 0.731. The number of rotatable bonds is 11. The minimum Gasteiger partial charge on any atom is -0.494 e. The molecule has 4 aromatic carbocycles. The summed E-state index contributed by atoms with van der Waals surface area (Å²) in [6.07, 6.45) is -1.79. The van der Waals surface area contributed by atoms with Crippen LogP contribution in [0.1, 0.15) is 37.0 Å². The van der Waals surface area contributed by atoms with E-state index >= 15 is 0 Å². The van der Waals surface area contributed by atoms with Crippen LogP contribution in [0.3, 0.4) is 0 Å². The molecule has 0 radical (unpaired) electrons. The summed E-state index contributed by atoms with van der Waals surface area (Å²) in [6, 6.07) is 14.9. The molecule has 0 saturated carbocycles. The van der Waals surface area contributed by atoms with Crippen molar-refractivity contribution in [2.24, 2.45) is 0 Å². The first kappa shape index (κ1) is 30.0. The van der Waals surface area contributed by atoms with Crippen LogP contribution in [0.5, 0.6) is 11.5 Å². The summed E-state index contributed by atoms with van der Waals surface area (Å²) in [7, 11) is 1.20. The molecule has 41 heavy (non-hydrogen) atoms. The predicted octanol–water partition coefficient (Wildman–Crippen LogP) is 8.52. The molecule has 0 aliphatic carbocycles. The maximum Gasteiger partial charge on any atom is 0.201 e. The van der Waals surface area contributed by atoms with E-state index in [9.17, 15) is 31.4 Å². The largest absolute Gasteiger partial charge is 0.494 e. The van der Waals surface area contributed by atoms with E-state index in [4.69, 9.17) is 9.47 Å². The fraction of sp³-hybridized carbons (Fsp3) is 0.250. The van der Waals surface area contributed by atoms with E-state index in [-0.39, 0.29) is 40.2 Å². The van der Waals surface area contributed by atoms with Crippen molar-refractivity contribution in [3.63, 3.8) is 0 Å². The molecule has 0 aliphatic rings. The first-order valence-corrected chi connectivity index (χ1v) is 13.0. The Kier molecular flexibility index (Phi) is 9.60. The number of hydrogen-bond acceptors (Lipinski definition) is 3. The molecule has 0 aromatic heterocycles. The van der Waals surface area contributed by atoms with Crippen LogP contribution in [0.25, 0.3) is 22.3 Å². The predicted molar refractivity (Wildman–Crippen MR) is 144 cm³/mol. The van der Waals surface area contributed by atoms with Crippen molar-refractivity contribution in [3.8, 4) is 33.8 Å². The molecule has 2 atom stereocenters. The van der Waals surface area contributed by atoms with Crippen LogP contribution in [0.4, 0.5) is 26.3 Å². The molecule has 216 valence electrons. The van der Waals surface area contributed by atoms with Gasteiger partial charge in [-0.15, -0.1) is 0 Å². The number of alkyl halides is 1. The summed E-state index contributed by atoms with van der Waals surface area (Å²) >= 11 is 0. The summed E-state index contributed by atoms with van der Waals surface area (Å²) in [6.45, 7) is 1.35. The average molecular weight is 575 g/mol. The fourth-order valence-electron chi connectivity index (χ4n) is 4.49. The number of aliphatic hydroxyl groups excluding tert-OH is 1. The van der Waals surface area contributed by atoms with Gasteiger partial charge in [0.05, 0.1) is 13.2 Å². The van der Waals surface area contributed by atoms with Crippen molar-refractivity contribution < 1.29 is 40.9 Å². The average Bonchev–Trinajstić information content (AvgIpc) is 2.96. The minimum atomic E-state index is -1.53. The molecule has 3 nitrogen and oxygen atoms in total. The second-order valence-electron chi connectivity index (χ2n) is 9.53. The second kappa shape index (κ2) is 13.1. The van der Waals surface area contributed by atoms with Crippen LogP contribution in [-0.4, -0.2) is 25.0 Å². The number of aliphatic hydroxyl groups is 1. The molecular formula is C32H28F6O3. The van der Waals surface area contributed by atoms with E-state index in [1.54, 1.807) is 12.1 Å². The summed E-state index contributed by atoms with van der Waals surface area (Å²) in [5, 5.41) is 10.0. The smallest absolute Gasteiger partial charge is 0.201 e. The Balaban J connectivity index is 1.38. The molecule has 0 saturated heterocycles. The van der Waals surface area contributed by atoms with Crippen LogP contribution in [0, 0.1) is 29.1 Å². The van der Waals surface area contributed by atoms with E-state index in [1.807, 2.05) is 6.92 Å². The third-order valence-corrected chi connectivity index (χ3v) is 6.68. The van der Waals surface area contributed by atoms with Gasteiger partial charge in [0.25, 0.3) is 0 Å². The Labute approximate surface area is 234 Å². The lowest BCUT2D eigenvalue weighted by atomic mass is 9.97. The van der Waals surface area contributed by atoms with E-state index in [0.717, 1.165) is 6.07 Å². The molecule has 0 amide bonds. The van der Waals surface area contributed by atoms with Gasteiger partial charge in [0.1, 0.15) is 12.8 Å². The molecule has 0 bridgehead atoms. The first-order chi connectivity index (χ1) is 19.6. The number of hydrogen-bond donors (Lipinski definition) is 1. The van der Waals surface area contributed by atoms with Crippen LogP contribution < -0.4 is 9.47 Å². The lowest BCUT2D eigenvalue weighted by Crippen LogP contribution is -2.16. The van der Waals surface area contributed by atoms with E-state index < -0.39 is 48.0 Å². The summed E-state index contributed by atoms with van der Waals surface area (Å²) < 4.78 is 96.9. The molecule has 9 heteroatoms. The quantitative estimate of drug-likeness (QED) is 0.183. The normalized spacial score (nSPS) is 12.7. The van der Waals surface area contributed by atoms with Gasteiger partial charge in [0.15, 0.2) is 34.8 Å². The van der Waals surface area contributed by atoms with Crippen LogP contribution in [-0.2, 0) is 6.42 Å². The highest BCUT2D eigenvalue weighted by Crippen LogP contribution is 2.33. The van der Waals surface area contributed by atoms with E-state index in [1.165, 1.54) is 55.6 Å². The van der Waals surface area contributed by atoms with Gasteiger partial charge in [-0.1, -0.05) is 55.8 Å². The van der Waals surface area contributed by atoms with E-state index in [2.05, 4.69) is 0 Å². The summed E-state index contributed by atoms with van der Waals surface area (Å²) in [4.78, 5) is 0. The van der Waals surface area contributed by atoms with Gasteiger partial charge in [-0.3, -0.25) is 0 Å². The zero-order valence-corrected chi connectivity index (χ0v) is 22.4. The molecule has 4 aromatic rings. The monoisotopic (exact) mass is 574 g/mol. The Morgan fingerprint density at radius 1 is 0.732 bits per heavy atom. The van der Waals surface area contributed by atoms with Crippen molar-refractivity contribution in [1.29, 1.82) is 0 Å². The van der Waals surface area contributed by atoms with Gasteiger partial charge in [0, 0.05) is 23.1 Å². The first-order valence-electron chi connectivity index (χ1n) is 13.0. The fourth-order valence-corrected chi connectivity index (χ4v) is 4.49. The highest BCUT2D eigenvalue weighted by Gasteiger charge is 2.20. The van der Waals surface area contributed by atoms with Crippen molar-refractivity contribution in [3.05, 3.63) is 107 Å². The van der Waals surface area contributed by atoms with Gasteiger partial charge in [-0.05, 0) is 47.4 Å². The molecule has 2 unspecified atom stereocenters. The Morgan fingerprint density at radius 2 is 1.34 bits per heavy atom. The molecule has 0 heterocycles. The zero-order chi connectivity index (χ0) is 29.7. The van der Waals surface area contributed by atoms with Crippen LogP contribution >= 0.6 is 0 Å². The molecule has 1 N–H and O–H groups in total. The van der Waals surface area contributed by atoms with Gasteiger partial charge in [0.2, 0.25) is 5.82 Å². The molecular weight excluding hydrogens is 546 g/mol. The van der Waals surface area contributed by atoms with Crippen LogP contribution in [0.15, 0.2) is 66.7 Å². The Hall–Kier alpha value is -3.98. The number of methoxy groups -OCH3 is 1. The van der Waals surface area contributed by atoms with Crippen molar-refractivity contribution in [1.82, 2.24) is 0 Å². The lowest BCUT2D eigenvalue weighted by molar-refractivity contribution is 0.160. The topological polar surface area (TPSA) is 38.7 Å². The van der Waals surface area contributed by atoms with Crippen molar-refractivity contribution in [2.45, 2.75) is 38.5 Å². The zero-order valence-electron chi connectivity index (χ0n) is 22.4. The molecule has 0 fully saturated rings. The standard InChI is InChI=1S/C32H28F6O3/c1-3-4-26(39)24-11-10-22(29(35)31(24)37)19-7-5-18(6-8-19)15-21(33)17-41-27-13-9-20(16-25(27)34)23-12-14-28(40-2)32(38)30(23)36/h5-14,16,21,26,39H,3-4,15,17H2,1-2H3. The third-order valence-electron chi connectivity index (χ3n) is 6.68. The second-order valence-corrected chi connectivity index (χ2v) is 9.53. The number of halogens is 6. The van der Waals surface area contributed by atoms with E-state index in [0.29, 0.717) is 24.0 Å². The van der Waals surface area contributed by atoms with Crippen LogP contribution in [0.2, 0.25) is 0 Å². The van der Waals surface area contributed by atoms with Crippen molar-refractivity contribution in [2.75, 3.05) is 13.7 Å². The highest BCUT2D eigenvalue weighted by molar-refractivity contribution is 5.67. The van der Waals surface area contributed by atoms with Gasteiger partial charge in [-0.2, -0.15) is 4.39 Å². The molecule has 0 aliphatic heterocycles. The van der Waals surface area contributed by atoms with Crippen molar-refractivity contribution >= 4 is 0 Å². The minimum absolute atomic E-state index is 0.0119. The van der Waals surface area contributed by atoms with Gasteiger partial charge in [-0.25, -0.2) is 22.0 Å². The maximum absolute atomic E-state index is 14.7. The Bertz CT molecular complexity index is 1510. The number of benzene rings is 4. The SMILES string of the molecule is CCCC(O)c1ccc(-c2ccc(CC(F)COc3ccc(-c4ccc(OC)c(F)c4F)cc3F)cc2)c(F)c1F. The van der Waals surface area contributed by atoms with Gasteiger partial charge >= 0.3 is 0 Å². The lowest BCUT2D eigenvalue weighted by Gasteiger charge is -2.14. The molecule has 0 spiro atoms. The third kappa shape index (κ3) is 6.68. The molecule has 4 rings (SSSR count). The summed E-state index contributed by atoms with van der Waals surface area (Å²) in [5.74, 6) is -5.98.